The molecule has 0 bridgehead atoms. The number of thiazole rings is 1. The average Bonchev–Trinajstić information content (AvgIpc) is 3.21. The average molecular weight is 614 g/mol. The van der Waals surface area contributed by atoms with Crippen molar-refractivity contribution in [3.63, 3.8) is 0 Å². The number of Topliss-reactive ketones (excluding diaryl/α,β-unsaturated/α-hetero) is 1. The third-order valence-corrected chi connectivity index (χ3v) is 13.2. The predicted octanol–water partition coefficient (Wildman–Crippen LogP) is 8.90. The second kappa shape index (κ2) is 15.8. The van der Waals surface area contributed by atoms with E-state index in [0.717, 1.165) is 23.5 Å². The molecule has 0 aliphatic carbocycles. The summed E-state index contributed by atoms with van der Waals surface area (Å²) in [5.74, 6) is -1.02. The third-order valence-electron chi connectivity index (χ3n) is 7.66. The number of aliphatic carboxylic acids is 1. The number of hydrogen-bond acceptors (Lipinski definition) is 6. The summed E-state index contributed by atoms with van der Waals surface area (Å²) in [6.07, 6.45) is 5.65. The number of hydrogen-bond donors (Lipinski definition) is 1. The molecule has 3 atom stereocenters. The van der Waals surface area contributed by atoms with E-state index in [1.165, 1.54) is 5.57 Å². The molecule has 0 saturated carbocycles. The fourth-order valence-electron chi connectivity index (χ4n) is 4.37. The maximum atomic E-state index is 13.4. The van der Waals surface area contributed by atoms with Crippen molar-refractivity contribution in [3.8, 4) is 0 Å². The number of halogens is 1. The molecule has 0 radical (unpaired) electrons. The van der Waals surface area contributed by atoms with Gasteiger partial charge in [0.2, 0.25) is 0 Å². The Morgan fingerprint density at radius 1 is 1.20 bits per heavy atom. The third kappa shape index (κ3) is 12.7. The number of ketones is 1. The zero-order chi connectivity index (χ0) is 30.9. The van der Waals surface area contributed by atoms with Crippen LogP contribution in [0.2, 0.25) is 18.1 Å². The summed E-state index contributed by atoms with van der Waals surface area (Å²) in [5.41, 5.74) is 1.44. The normalized spacial score (nSPS) is 16.1. The zero-order valence-corrected chi connectivity index (χ0v) is 29.1. The van der Waals surface area contributed by atoms with Crippen molar-refractivity contribution in [2.75, 3.05) is 13.2 Å². The van der Waals surface area contributed by atoms with Gasteiger partial charge in [0.15, 0.2) is 8.32 Å². The fraction of sp³-hybridized carbons (Fsp3) is 0.710. The van der Waals surface area contributed by atoms with Crippen molar-refractivity contribution >= 4 is 49.1 Å². The van der Waals surface area contributed by atoms with Crippen LogP contribution in [0.5, 0.6) is 0 Å². The Kier molecular flexibility index (Phi) is 14.5. The van der Waals surface area contributed by atoms with Crippen molar-refractivity contribution in [3.05, 3.63) is 32.8 Å². The smallest absolute Gasteiger partial charge is 0.331 e. The summed E-state index contributed by atoms with van der Waals surface area (Å²) in [5, 5.41) is 13.5. The number of carbonyl (C=O) groups excluding carboxylic acids is 1. The standard InChI is InChI=1S/C31H52ClNO5SSi/c1-21(16-26-20-39-24(4)33-26)13-12-14-25(32)19-37-18-22(2)15-23(3)28(34)31(8,9)17-27(29(35)36)38-40(10,11)30(5,6)7/h14,16,20,22-23,27H,12-13,15,17-19H2,1-11H3,(H,35,36). The van der Waals surface area contributed by atoms with Gasteiger partial charge in [0.1, 0.15) is 11.9 Å². The first kappa shape index (κ1) is 36.7. The van der Waals surface area contributed by atoms with E-state index in [4.69, 9.17) is 20.8 Å². The largest absolute Gasteiger partial charge is 0.479 e. The molecule has 0 spiro atoms. The van der Waals surface area contributed by atoms with Crippen LogP contribution in [0.25, 0.3) is 6.08 Å². The number of carbonyl (C=O) groups is 2. The van der Waals surface area contributed by atoms with Crippen LogP contribution in [-0.2, 0) is 18.8 Å². The minimum atomic E-state index is -2.30. The minimum Gasteiger partial charge on any atom is -0.479 e. The predicted molar refractivity (Wildman–Crippen MR) is 171 cm³/mol. The van der Waals surface area contributed by atoms with Gasteiger partial charge in [0.05, 0.1) is 17.3 Å². The van der Waals surface area contributed by atoms with Gasteiger partial charge in [-0.15, -0.1) is 11.3 Å². The van der Waals surface area contributed by atoms with Gasteiger partial charge in [-0.25, -0.2) is 9.78 Å². The van der Waals surface area contributed by atoms with E-state index in [1.807, 2.05) is 46.9 Å². The van der Waals surface area contributed by atoms with Gasteiger partial charge in [-0.05, 0) is 69.7 Å². The molecule has 3 unspecified atom stereocenters. The number of carboxylic acid groups (broad SMARTS) is 1. The maximum Gasteiger partial charge on any atom is 0.331 e. The molecule has 1 aromatic rings. The summed E-state index contributed by atoms with van der Waals surface area (Å²) in [6, 6.07) is 0. The van der Waals surface area contributed by atoms with Crippen LogP contribution in [0, 0.1) is 24.2 Å². The highest BCUT2D eigenvalue weighted by Gasteiger charge is 2.43. The lowest BCUT2D eigenvalue weighted by atomic mass is 9.75. The minimum absolute atomic E-state index is 0.0543. The molecule has 1 aromatic heterocycles. The number of aromatic nitrogens is 1. The van der Waals surface area contributed by atoms with Crippen LogP contribution in [0.3, 0.4) is 0 Å². The Morgan fingerprint density at radius 3 is 2.35 bits per heavy atom. The van der Waals surface area contributed by atoms with Crippen LogP contribution in [-0.4, -0.2) is 49.5 Å². The van der Waals surface area contributed by atoms with Gasteiger partial charge >= 0.3 is 5.97 Å². The van der Waals surface area contributed by atoms with E-state index < -0.39 is 25.8 Å². The maximum absolute atomic E-state index is 13.4. The molecule has 9 heteroatoms. The summed E-state index contributed by atoms with van der Waals surface area (Å²) in [6.45, 7) is 22.9. The first-order chi connectivity index (χ1) is 18.2. The topological polar surface area (TPSA) is 85.7 Å². The van der Waals surface area contributed by atoms with Crippen LogP contribution < -0.4 is 0 Å². The Bertz CT molecular complexity index is 1040. The molecule has 228 valence electrons. The lowest BCUT2D eigenvalue weighted by Crippen LogP contribution is -2.48. The molecular formula is C31H52ClNO5SSi. The zero-order valence-electron chi connectivity index (χ0n) is 26.5. The van der Waals surface area contributed by atoms with Gasteiger partial charge in [-0.1, -0.05) is 71.7 Å². The van der Waals surface area contributed by atoms with E-state index in [2.05, 4.69) is 51.1 Å². The highest BCUT2D eigenvalue weighted by Crippen LogP contribution is 2.39. The highest BCUT2D eigenvalue weighted by molar-refractivity contribution is 7.09. The number of nitrogens with zero attached hydrogens (tertiary/aromatic N) is 1. The Morgan fingerprint density at radius 2 is 1.82 bits per heavy atom. The highest BCUT2D eigenvalue weighted by atomic mass is 35.5. The number of rotatable bonds is 17. The SMILES string of the molecule is CC(=Cc1csc(C)n1)CCC=C(Cl)COCC(C)CC(C)C(=O)C(C)(C)CC(O[Si](C)(C)C(C)(C)C)C(=O)O. The van der Waals surface area contributed by atoms with Crippen LogP contribution in [0.4, 0.5) is 0 Å². The molecule has 0 saturated heterocycles. The van der Waals surface area contributed by atoms with Gasteiger partial charge in [-0.2, -0.15) is 0 Å². The first-order valence-electron chi connectivity index (χ1n) is 14.2. The van der Waals surface area contributed by atoms with Crippen molar-refractivity contribution in [2.24, 2.45) is 17.3 Å². The Balaban J connectivity index is 2.54. The fourth-order valence-corrected chi connectivity index (χ4v) is 6.37. The van der Waals surface area contributed by atoms with Gasteiger partial charge in [0, 0.05) is 28.4 Å². The quantitative estimate of drug-likeness (QED) is 0.177. The molecule has 0 fully saturated rings. The van der Waals surface area contributed by atoms with Crippen molar-refractivity contribution in [1.29, 1.82) is 0 Å². The Hall–Kier alpha value is -1.32. The van der Waals surface area contributed by atoms with Gasteiger partial charge in [0.25, 0.3) is 0 Å². The molecule has 0 aliphatic rings. The van der Waals surface area contributed by atoms with E-state index >= 15 is 0 Å². The second-order valence-electron chi connectivity index (χ2n) is 13.4. The molecule has 0 amide bonds. The number of carboxylic acids is 1. The number of ether oxygens (including phenoxy) is 1. The van der Waals surface area contributed by atoms with E-state index in [1.54, 1.807) is 11.3 Å². The van der Waals surface area contributed by atoms with Crippen molar-refractivity contribution in [1.82, 2.24) is 4.98 Å². The number of allylic oxidation sites excluding steroid dienone is 2. The van der Waals surface area contributed by atoms with Crippen LogP contribution in [0.1, 0.15) is 91.8 Å². The number of aryl methyl sites for hydroxylation is 1. The molecule has 1 N–H and O–H groups in total. The molecule has 1 rings (SSSR count). The van der Waals surface area contributed by atoms with E-state index in [9.17, 15) is 14.7 Å². The lowest BCUT2D eigenvalue weighted by Gasteiger charge is -2.40. The summed E-state index contributed by atoms with van der Waals surface area (Å²) < 4.78 is 12.0. The van der Waals surface area contributed by atoms with Gasteiger partial charge in [-0.3, -0.25) is 4.79 Å². The lowest BCUT2D eigenvalue weighted by molar-refractivity contribution is -0.148. The molecular weight excluding hydrogens is 562 g/mol. The molecule has 1 heterocycles. The molecule has 0 aromatic carbocycles. The van der Waals surface area contributed by atoms with Crippen LogP contribution >= 0.6 is 22.9 Å². The van der Waals surface area contributed by atoms with Crippen molar-refractivity contribution < 1.29 is 23.9 Å². The monoisotopic (exact) mass is 613 g/mol. The van der Waals surface area contributed by atoms with Crippen LogP contribution in [0.15, 0.2) is 22.1 Å². The summed E-state index contributed by atoms with van der Waals surface area (Å²) in [4.78, 5) is 29.9. The molecule has 0 aliphatic heterocycles. The summed E-state index contributed by atoms with van der Waals surface area (Å²) in [7, 11) is -2.30. The van der Waals surface area contributed by atoms with Gasteiger partial charge < -0.3 is 14.3 Å². The first-order valence-corrected chi connectivity index (χ1v) is 18.4. The van der Waals surface area contributed by atoms with E-state index in [0.29, 0.717) is 24.7 Å². The Labute approximate surface area is 252 Å². The van der Waals surface area contributed by atoms with Crippen molar-refractivity contribution in [2.45, 2.75) is 112 Å². The second-order valence-corrected chi connectivity index (χ2v) is 19.7. The van der Waals surface area contributed by atoms with E-state index in [-0.39, 0.29) is 29.1 Å². The summed E-state index contributed by atoms with van der Waals surface area (Å²) >= 11 is 8.02. The molecule has 40 heavy (non-hydrogen) atoms. The molecule has 6 nitrogen and oxygen atoms in total.